The Bertz CT molecular complexity index is 1110. The van der Waals surface area contributed by atoms with E-state index in [0.29, 0.717) is 11.5 Å². The Kier molecular flexibility index (Phi) is 3.53. The molecule has 2 aliphatic heterocycles. The van der Waals surface area contributed by atoms with Gasteiger partial charge >= 0.3 is 6.09 Å². The Balaban J connectivity index is 1.72. The fourth-order valence-electron chi connectivity index (χ4n) is 3.52. The van der Waals surface area contributed by atoms with Crippen molar-refractivity contribution in [2.24, 2.45) is 4.99 Å². The molecule has 0 spiro atoms. The largest absolute Gasteiger partial charge is 0.481 e. The van der Waals surface area contributed by atoms with Crippen molar-refractivity contribution in [1.82, 2.24) is 9.97 Å². The molecule has 1 aromatic carbocycles. The Morgan fingerprint density at radius 1 is 1.19 bits per heavy atom. The number of carbonyl (C=O) groups is 1. The van der Waals surface area contributed by atoms with Crippen molar-refractivity contribution in [2.45, 2.75) is 13.0 Å². The quantitative estimate of drug-likeness (QED) is 0.700. The number of anilines is 2. The van der Waals surface area contributed by atoms with Gasteiger partial charge in [-0.25, -0.2) is 14.7 Å². The van der Waals surface area contributed by atoms with Gasteiger partial charge in [0, 0.05) is 36.0 Å². The molecule has 0 unspecified atom stereocenters. The molecular formula is C20H16N4O3. The van der Waals surface area contributed by atoms with Crippen LogP contribution in [0.5, 0.6) is 5.88 Å². The second-order valence-corrected chi connectivity index (χ2v) is 6.42. The molecule has 7 nitrogen and oxygen atoms in total. The molecule has 1 amide bonds. The molecule has 0 N–H and O–H groups in total. The molecule has 0 saturated heterocycles. The van der Waals surface area contributed by atoms with E-state index >= 15 is 0 Å². The molecule has 134 valence electrons. The van der Waals surface area contributed by atoms with Gasteiger partial charge in [-0.3, -0.25) is 4.99 Å². The van der Waals surface area contributed by atoms with Crippen LogP contribution in [0.3, 0.4) is 0 Å². The molecule has 0 saturated carbocycles. The maximum atomic E-state index is 12.7. The minimum absolute atomic E-state index is 0.187. The summed E-state index contributed by atoms with van der Waals surface area (Å²) in [6.07, 6.45) is 4.04. The van der Waals surface area contributed by atoms with E-state index in [2.05, 4.69) is 15.0 Å². The average molecular weight is 360 g/mol. The van der Waals surface area contributed by atoms with Crippen LogP contribution in [0.2, 0.25) is 0 Å². The molecule has 0 radical (unpaired) electrons. The fourth-order valence-corrected chi connectivity index (χ4v) is 3.52. The molecule has 0 bridgehead atoms. The zero-order chi connectivity index (χ0) is 18.4. The lowest BCUT2D eigenvalue weighted by atomic mass is 10.0. The van der Waals surface area contributed by atoms with E-state index in [1.807, 2.05) is 30.5 Å². The number of amides is 1. The van der Waals surface area contributed by atoms with Crippen LogP contribution in [0.1, 0.15) is 16.7 Å². The monoisotopic (exact) mass is 360 g/mol. The number of pyridine rings is 2. The number of nitrogens with zero attached hydrogens (tertiary/aromatic N) is 4. The van der Waals surface area contributed by atoms with Crippen LogP contribution < -0.4 is 9.64 Å². The lowest BCUT2D eigenvalue weighted by molar-refractivity contribution is 0.145. The van der Waals surface area contributed by atoms with Gasteiger partial charge < -0.3 is 9.47 Å². The molecule has 0 aliphatic carbocycles. The van der Waals surface area contributed by atoms with E-state index < -0.39 is 6.09 Å². The predicted molar refractivity (Wildman–Crippen MR) is 101 cm³/mol. The van der Waals surface area contributed by atoms with Crippen molar-refractivity contribution in [3.63, 3.8) is 0 Å². The zero-order valence-electron chi connectivity index (χ0n) is 14.7. The predicted octanol–water partition coefficient (Wildman–Crippen LogP) is 3.40. The number of hydrogen-bond donors (Lipinski definition) is 0. The first-order valence-corrected chi connectivity index (χ1v) is 8.67. The Labute approximate surface area is 155 Å². The number of cyclic esters (lactones) is 1. The summed E-state index contributed by atoms with van der Waals surface area (Å²) < 4.78 is 10.6. The van der Waals surface area contributed by atoms with Crippen LogP contribution in [0.4, 0.5) is 16.2 Å². The molecule has 2 aliphatic rings. The molecular weight excluding hydrogens is 344 g/mol. The molecule has 27 heavy (non-hydrogen) atoms. The topological polar surface area (TPSA) is 76.9 Å². The van der Waals surface area contributed by atoms with Gasteiger partial charge in [-0.05, 0) is 35.7 Å². The number of ether oxygens (including phenoxy) is 2. The van der Waals surface area contributed by atoms with Crippen molar-refractivity contribution >= 4 is 34.7 Å². The summed E-state index contributed by atoms with van der Waals surface area (Å²) in [4.78, 5) is 27.4. The summed E-state index contributed by atoms with van der Waals surface area (Å²) >= 11 is 0. The van der Waals surface area contributed by atoms with Crippen molar-refractivity contribution in [3.05, 3.63) is 53.2 Å². The van der Waals surface area contributed by atoms with Gasteiger partial charge in [0.2, 0.25) is 5.88 Å². The second-order valence-electron chi connectivity index (χ2n) is 6.42. The van der Waals surface area contributed by atoms with Gasteiger partial charge in [-0.1, -0.05) is 6.07 Å². The molecule has 0 atom stereocenters. The SMILES string of the molecule is COc1ccc2c3c(cnc2n1)COC(=O)N3c1ccc2c(c1)C=NCC2. The molecule has 2 aromatic heterocycles. The van der Waals surface area contributed by atoms with Crippen LogP contribution in [0, 0.1) is 0 Å². The van der Waals surface area contributed by atoms with E-state index in [9.17, 15) is 4.79 Å². The highest BCUT2D eigenvalue weighted by Crippen LogP contribution is 2.39. The number of rotatable bonds is 2. The molecule has 4 heterocycles. The maximum Gasteiger partial charge on any atom is 0.419 e. The highest BCUT2D eigenvalue weighted by atomic mass is 16.6. The van der Waals surface area contributed by atoms with Gasteiger partial charge in [-0.2, -0.15) is 4.98 Å². The van der Waals surface area contributed by atoms with E-state index in [1.54, 1.807) is 24.3 Å². The average Bonchev–Trinajstić information content (AvgIpc) is 2.72. The Hall–Kier alpha value is -3.48. The zero-order valence-corrected chi connectivity index (χ0v) is 14.7. The molecule has 3 aromatic rings. The lowest BCUT2D eigenvalue weighted by Crippen LogP contribution is -2.32. The van der Waals surface area contributed by atoms with E-state index in [1.165, 1.54) is 5.56 Å². The number of benzene rings is 1. The summed E-state index contributed by atoms with van der Waals surface area (Å²) in [5.74, 6) is 0.477. The second kappa shape index (κ2) is 6.05. The van der Waals surface area contributed by atoms with Crippen molar-refractivity contribution in [2.75, 3.05) is 18.6 Å². The van der Waals surface area contributed by atoms with Gasteiger partial charge in [0.1, 0.15) is 6.61 Å². The van der Waals surface area contributed by atoms with Crippen LogP contribution in [0.15, 0.2) is 41.5 Å². The molecule has 5 rings (SSSR count). The fraction of sp³-hybridized carbons (Fsp3) is 0.200. The normalized spacial score (nSPS) is 15.3. The summed E-state index contributed by atoms with van der Waals surface area (Å²) in [5.41, 5.74) is 5.09. The van der Waals surface area contributed by atoms with Crippen LogP contribution in [0.25, 0.3) is 11.0 Å². The van der Waals surface area contributed by atoms with Crippen molar-refractivity contribution < 1.29 is 14.3 Å². The van der Waals surface area contributed by atoms with Gasteiger partial charge in [-0.15, -0.1) is 0 Å². The van der Waals surface area contributed by atoms with Crippen LogP contribution >= 0.6 is 0 Å². The van der Waals surface area contributed by atoms with E-state index in [0.717, 1.165) is 40.9 Å². The number of carbonyl (C=O) groups excluding carboxylic acids is 1. The number of aromatic nitrogens is 2. The minimum atomic E-state index is -0.418. The number of methoxy groups -OCH3 is 1. The highest BCUT2D eigenvalue weighted by Gasteiger charge is 2.30. The third-order valence-electron chi connectivity index (χ3n) is 4.85. The third-order valence-corrected chi connectivity index (χ3v) is 4.85. The Morgan fingerprint density at radius 3 is 3.00 bits per heavy atom. The van der Waals surface area contributed by atoms with Crippen molar-refractivity contribution in [1.29, 1.82) is 0 Å². The van der Waals surface area contributed by atoms with Gasteiger partial charge in [0.25, 0.3) is 0 Å². The lowest BCUT2D eigenvalue weighted by Gasteiger charge is -2.30. The first-order chi connectivity index (χ1) is 13.2. The molecule has 7 heteroatoms. The molecule has 0 fully saturated rings. The Morgan fingerprint density at radius 2 is 2.11 bits per heavy atom. The standard InChI is InChI=1S/C20H16N4O3/c1-26-17-5-4-16-18-14(10-22-19(16)23-17)11-27-20(25)24(18)15-3-2-12-6-7-21-9-13(12)8-15/h2-5,8-10H,6-7,11H2,1H3. The van der Waals surface area contributed by atoms with Crippen LogP contribution in [-0.4, -0.2) is 35.9 Å². The van der Waals surface area contributed by atoms with E-state index in [4.69, 9.17) is 9.47 Å². The van der Waals surface area contributed by atoms with Crippen LogP contribution in [-0.2, 0) is 17.8 Å². The summed E-state index contributed by atoms with van der Waals surface area (Å²) in [6.45, 7) is 0.983. The summed E-state index contributed by atoms with van der Waals surface area (Å²) in [5, 5.41) is 0.774. The number of aliphatic imine (C=N–C) groups is 1. The van der Waals surface area contributed by atoms with Gasteiger partial charge in [0.15, 0.2) is 5.65 Å². The first-order valence-electron chi connectivity index (χ1n) is 8.67. The van der Waals surface area contributed by atoms with Gasteiger partial charge in [0.05, 0.1) is 18.5 Å². The smallest absolute Gasteiger partial charge is 0.419 e. The third kappa shape index (κ3) is 2.51. The number of fused-ring (bicyclic) bond motifs is 4. The highest BCUT2D eigenvalue weighted by molar-refractivity contribution is 6.07. The minimum Gasteiger partial charge on any atom is -0.481 e. The number of hydrogen-bond acceptors (Lipinski definition) is 6. The maximum absolute atomic E-state index is 12.7. The summed E-state index contributed by atoms with van der Waals surface area (Å²) in [6, 6.07) is 9.59. The summed E-state index contributed by atoms with van der Waals surface area (Å²) in [7, 11) is 1.56. The van der Waals surface area contributed by atoms with Crippen molar-refractivity contribution in [3.8, 4) is 5.88 Å². The van der Waals surface area contributed by atoms with E-state index in [-0.39, 0.29) is 6.61 Å². The first kappa shape index (κ1) is 15.7.